The first-order valence-corrected chi connectivity index (χ1v) is 27.1. The van der Waals surface area contributed by atoms with Gasteiger partial charge < -0.3 is 44.5 Å². The third kappa shape index (κ3) is 35.2. The molecule has 16 nitrogen and oxygen atoms in total. The van der Waals surface area contributed by atoms with Crippen LogP contribution < -0.4 is 15.4 Å². The number of carbonyl (C=O) groups is 7. The molecule has 1 aliphatic carbocycles. The number of hydrogen-bond donors (Lipinski definition) is 4. The average molecular weight is 1040 g/mol. The van der Waals surface area contributed by atoms with Gasteiger partial charge in [0.05, 0.1) is 38.1 Å². The zero-order chi connectivity index (χ0) is 51.7. The van der Waals surface area contributed by atoms with E-state index in [1.165, 1.54) is 82.8 Å². The zero-order valence-electron chi connectivity index (χ0n) is 42.2. The largest absolute Gasteiger partial charge is 0.481 e. The standard InChI is InChI=1S/C53H84Cl2N2O14/c54-43-26-30-48(46(55)38-43)71-51(63)40-70-37-35-68-33-31-56-49(60)39-69-36-34-67-32-17-19-45(59)28-29-47(53(65)66)57-52(64)42-24-21-41(22-25-42)23-27-44(58)18-15-13-11-9-7-5-3-1-2-4-6-8-10-12-14-16-20-50(61)62/h26,30,38,41-42,47H,1-25,27-29,31-37,39-40H2,(H,56,60)(H,57,64)(H,61,62)(H,65,66)/t41?,42?,47-/m0/s1. The molecule has 404 valence electrons. The van der Waals surface area contributed by atoms with Gasteiger partial charge in [-0.3, -0.25) is 24.0 Å². The van der Waals surface area contributed by atoms with E-state index in [2.05, 4.69) is 10.6 Å². The first-order valence-electron chi connectivity index (χ1n) is 26.4. The molecule has 1 atom stereocenters. The van der Waals surface area contributed by atoms with Crippen molar-refractivity contribution in [3.8, 4) is 5.75 Å². The number of halogens is 2. The lowest BCUT2D eigenvalue weighted by atomic mass is 9.79. The van der Waals surface area contributed by atoms with E-state index in [1.807, 2.05) is 0 Å². The van der Waals surface area contributed by atoms with Crippen LogP contribution in [-0.2, 0) is 52.5 Å². The number of amides is 2. The monoisotopic (exact) mass is 1040 g/mol. The molecule has 1 aliphatic rings. The SMILES string of the molecule is O=C(O)CCCCCCCCCCCCCCCCCCC(=O)CCC1CCC(C(=O)N[C@@H](CCC(=O)CCCOCCOCC(=O)NCCOCCOCC(=O)Oc2ccc(Cl)cc2Cl)C(=O)O)CC1. The maximum Gasteiger partial charge on any atom is 0.337 e. The Kier molecular flexibility index (Phi) is 37.3. The molecule has 1 fully saturated rings. The number of carboxylic acids is 2. The van der Waals surface area contributed by atoms with Gasteiger partial charge in [-0.15, -0.1) is 0 Å². The third-order valence-corrected chi connectivity index (χ3v) is 13.1. The van der Waals surface area contributed by atoms with Crippen molar-refractivity contribution in [2.75, 3.05) is 59.4 Å². The van der Waals surface area contributed by atoms with Gasteiger partial charge in [0.2, 0.25) is 11.8 Å². The Morgan fingerprint density at radius 1 is 0.577 bits per heavy atom. The van der Waals surface area contributed by atoms with Crippen LogP contribution in [0.15, 0.2) is 18.2 Å². The number of nitrogens with one attached hydrogen (secondary N) is 2. The van der Waals surface area contributed by atoms with Crippen molar-refractivity contribution in [3.05, 3.63) is 28.2 Å². The fraction of sp³-hybridized carbons (Fsp3) is 0.755. The van der Waals surface area contributed by atoms with Gasteiger partial charge in [-0.05, 0) is 81.9 Å². The van der Waals surface area contributed by atoms with E-state index in [9.17, 15) is 38.7 Å². The van der Waals surface area contributed by atoms with E-state index in [0.29, 0.717) is 61.9 Å². The van der Waals surface area contributed by atoms with Crippen LogP contribution in [0, 0.1) is 11.8 Å². The number of rotatable bonds is 46. The summed E-state index contributed by atoms with van der Waals surface area (Å²) in [4.78, 5) is 84.4. The van der Waals surface area contributed by atoms with Crippen molar-refractivity contribution in [2.24, 2.45) is 11.8 Å². The van der Waals surface area contributed by atoms with Crippen LogP contribution >= 0.6 is 23.2 Å². The Bertz CT molecular complexity index is 1680. The number of hydrogen-bond acceptors (Lipinski definition) is 12. The molecule has 1 aromatic carbocycles. The van der Waals surface area contributed by atoms with E-state index in [4.69, 9.17) is 52.0 Å². The second-order valence-electron chi connectivity index (χ2n) is 18.7. The summed E-state index contributed by atoms with van der Waals surface area (Å²) in [5.74, 6) is -2.58. The average Bonchev–Trinajstić information content (AvgIpc) is 3.34. The molecule has 2 amide bonds. The number of carboxylic acid groups (broad SMARTS) is 2. The lowest BCUT2D eigenvalue weighted by Crippen LogP contribution is -2.44. The molecule has 1 saturated carbocycles. The van der Waals surface area contributed by atoms with Gasteiger partial charge in [0.1, 0.15) is 36.6 Å². The maximum atomic E-state index is 13.0. The highest BCUT2D eigenvalue weighted by Crippen LogP contribution is 2.32. The maximum absolute atomic E-state index is 13.0. The molecule has 71 heavy (non-hydrogen) atoms. The van der Waals surface area contributed by atoms with Gasteiger partial charge in [-0.1, -0.05) is 113 Å². The highest BCUT2D eigenvalue weighted by atomic mass is 35.5. The number of aliphatic carboxylic acids is 2. The summed E-state index contributed by atoms with van der Waals surface area (Å²) < 4.78 is 26.5. The van der Waals surface area contributed by atoms with Crippen LogP contribution in [-0.4, -0.2) is 117 Å². The fourth-order valence-electron chi connectivity index (χ4n) is 8.41. The molecular formula is C53H84Cl2N2O14. The van der Waals surface area contributed by atoms with Crippen molar-refractivity contribution in [3.63, 3.8) is 0 Å². The first kappa shape index (κ1) is 63.4. The predicted octanol–water partition coefficient (Wildman–Crippen LogP) is 10.0. The second kappa shape index (κ2) is 41.8. The molecule has 0 bridgehead atoms. The molecule has 18 heteroatoms. The van der Waals surface area contributed by atoms with Crippen LogP contribution in [0.4, 0.5) is 0 Å². The first-order chi connectivity index (χ1) is 34.3. The van der Waals surface area contributed by atoms with E-state index in [1.54, 1.807) is 6.07 Å². The summed E-state index contributed by atoms with van der Waals surface area (Å²) in [6.07, 6.45) is 25.0. The van der Waals surface area contributed by atoms with Gasteiger partial charge in [0, 0.05) is 56.2 Å². The second-order valence-corrected chi connectivity index (χ2v) is 19.5. The van der Waals surface area contributed by atoms with Crippen LogP contribution in [0.3, 0.4) is 0 Å². The third-order valence-electron chi connectivity index (χ3n) is 12.6. The molecular weight excluding hydrogens is 959 g/mol. The quantitative estimate of drug-likeness (QED) is 0.0271. The molecule has 0 spiro atoms. The number of benzene rings is 1. The number of ether oxygens (including phenoxy) is 5. The molecule has 0 heterocycles. The zero-order valence-corrected chi connectivity index (χ0v) is 43.7. The Morgan fingerprint density at radius 3 is 1.68 bits per heavy atom. The minimum Gasteiger partial charge on any atom is -0.481 e. The van der Waals surface area contributed by atoms with Crippen LogP contribution in [0.2, 0.25) is 10.0 Å². The Hall–Kier alpha value is -3.67. The van der Waals surface area contributed by atoms with E-state index in [-0.39, 0.29) is 106 Å². The van der Waals surface area contributed by atoms with Gasteiger partial charge in [0.25, 0.3) is 0 Å². The molecule has 0 aromatic heterocycles. The number of ketones is 2. The van der Waals surface area contributed by atoms with Gasteiger partial charge in [-0.2, -0.15) is 0 Å². The van der Waals surface area contributed by atoms with E-state index in [0.717, 1.165) is 51.4 Å². The summed E-state index contributed by atoms with van der Waals surface area (Å²) in [7, 11) is 0. The summed E-state index contributed by atoms with van der Waals surface area (Å²) in [6, 6.07) is 3.35. The molecule has 4 N–H and O–H groups in total. The lowest BCUT2D eigenvalue weighted by Gasteiger charge is -2.28. The minimum absolute atomic E-state index is 0.0127. The number of carbonyl (C=O) groups excluding carboxylic acids is 5. The summed E-state index contributed by atoms with van der Waals surface area (Å²) >= 11 is 11.8. The van der Waals surface area contributed by atoms with Crippen LogP contribution in [0.1, 0.15) is 180 Å². The number of Topliss-reactive ketones (excluding diaryl/α,β-unsaturated/α-hetero) is 2. The van der Waals surface area contributed by atoms with Crippen molar-refractivity contribution < 1.29 is 67.5 Å². The van der Waals surface area contributed by atoms with Crippen molar-refractivity contribution >= 4 is 64.5 Å². The summed E-state index contributed by atoms with van der Waals surface area (Å²) in [5, 5.41) is 24.4. The molecule has 0 radical (unpaired) electrons. The molecule has 0 aliphatic heterocycles. The molecule has 2 rings (SSSR count). The highest BCUT2D eigenvalue weighted by Gasteiger charge is 2.30. The Labute approximate surface area is 432 Å². The summed E-state index contributed by atoms with van der Waals surface area (Å²) in [6.45, 7) is 1.07. The fourth-order valence-corrected chi connectivity index (χ4v) is 8.86. The van der Waals surface area contributed by atoms with Crippen molar-refractivity contribution in [1.82, 2.24) is 10.6 Å². The lowest BCUT2D eigenvalue weighted by molar-refractivity contribution is -0.143. The predicted molar refractivity (Wildman–Crippen MR) is 272 cm³/mol. The Morgan fingerprint density at radius 2 is 1.10 bits per heavy atom. The van der Waals surface area contributed by atoms with Crippen LogP contribution in [0.5, 0.6) is 5.75 Å². The Balaban J connectivity index is 1.37. The highest BCUT2D eigenvalue weighted by molar-refractivity contribution is 6.35. The molecule has 0 saturated heterocycles. The van der Waals surface area contributed by atoms with E-state index < -0.39 is 23.9 Å². The number of esters is 1. The molecule has 1 aromatic rings. The minimum atomic E-state index is -1.17. The smallest absolute Gasteiger partial charge is 0.337 e. The van der Waals surface area contributed by atoms with E-state index >= 15 is 0 Å². The normalized spacial score (nSPS) is 15.0. The van der Waals surface area contributed by atoms with Gasteiger partial charge in [0.15, 0.2) is 0 Å². The van der Waals surface area contributed by atoms with Gasteiger partial charge >= 0.3 is 17.9 Å². The van der Waals surface area contributed by atoms with Crippen LogP contribution in [0.25, 0.3) is 0 Å². The topological polar surface area (TPSA) is 230 Å². The van der Waals surface area contributed by atoms with Crippen molar-refractivity contribution in [1.29, 1.82) is 0 Å². The summed E-state index contributed by atoms with van der Waals surface area (Å²) in [5.41, 5.74) is 0. The van der Waals surface area contributed by atoms with Crippen molar-refractivity contribution in [2.45, 2.75) is 186 Å². The molecule has 0 unspecified atom stereocenters. The number of unbranched alkanes of at least 4 members (excludes halogenated alkanes) is 15. The van der Waals surface area contributed by atoms with Gasteiger partial charge in [-0.25, -0.2) is 9.59 Å².